The van der Waals surface area contributed by atoms with Crippen LogP contribution in [-0.4, -0.2) is 27.8 Å². The Kier molecular flexibility index (Phi) is 5.07. The highest BCUT2D eigenvalue weighted by molar-refractivity contribution is 5.90. The zero-order valence-corrected chi connectivity index (χ0v) is 15.4. The minimum absolute atomic E-state index is 0.0432. The monoisotopic (exact) mass is 393 g/mol. The molecule has 0 aliphatic rings. The van der Waals surface area contributed by atoms with Gasteiger partial charge in [-0.05, 0) is 36.4 Å². The number of hydrogen-bond acceptors (Lipinski definition) is 6. The number of rotatable bonds is 6. The topological polar surface area (TPSA) is 79.4 Å². The fourth-order valence-electron chi connectivity index (χ4n) is 2.68. The average molecular weight is 393 g/mol. The van der Waals surface area contributed by atoms with Crippen molar-refractivity contribution < 1.29 is 23.1 Å². The Bertz CT molecular complexity index is 1120. The Labute approximate surface area is 165 Å². The lowest BCUT2D eigenvalue weighted by molar-refractivity contribution is 0.0428. The highest BCUT2D eigenvalue weighted by Gasteiger charge is 2.21. The number of ether oxygens (including phenoxy) is 2. The minimum atomic E-state index is -0.668. The summed E-state index contributed by atoms with van der Waals surface area (Å²) in [6, 6.07) is 15.1. The first-order valence-electron chi connectivity index (χ1n) is 8.71. The summed E-state index contributed by atoms with van der Waals surface area (Å²) in [5, 5.41) is 4.26. The number of benzene rings is 2. The largest absolute Gasteiger partial charge is 0.493 e. The van der Waals surface area contributed by atoms with Gasteiger partial charge in [-0.3, -0.25) is 0 Å². The Morgan fingerprint density at radius 3 is 2.62 bits per heavy atom. The Hall–Kier alpha value is -3.94. The third-order valence-corrected chi connectivity index (χ3v) is 4.12. The zero-order chi connectivity index (χ0) is 20.2. The molecule has 0 spiro atoms. The molecule has 8 heteroatoms. The Balaban J connectivity index is 1.46. The maximum absolute atomic E-state index is 13.0. The molecule has 0 atom stereocenters. The Morgan fingerprint density at radius 2 is 1.90 bits per heavy atom. The van der Waals surface area contributed by atoms with Crippen molar-refractivity contribution in [1.29, 1.82) is 0 Å². The number of para-hydroxylation sites is 1. The number of nitrogens with zero attached hydrogens (tertiary/aromatic N) is 3. The van der Waals surface area contributed by atoms with Gasteiger partial charge in [0.05, 0.1) is 25.2 Å². The molecule has 0 fully saturated rings. The molecule has 0 saturated heterocycles. The Morgan fingerprint density at radius 1 is 1.14 bits per heavy atom. The van der Waals surface area contributed by atoms with E-state index < -0.39 is 5.97 Å². The van der Waals surface area contributed by atoms with Crippen LogP contribution in [0.1, 0.15) is 16.4 Å². The standard InChI is InChI=1S/C21H16FN3O4/c1-27-18-12-25(16-5-3-2-4-6-16)24-20(18)21(26)28-13-19-23-11-17(29-19)14-7-9-15(22)10-8-14/h2-12H,13H2,1H3. The third kappa shape index (κ3) is 4.01. The summed E-state index contributed by atoms with van der Waals surface area (Å²) >= 11 is 0. The second-order valence-electron chi connectivity index (χ2n) is 6.03. The van der Waals surface area contributed by atoms with E-state index in [1.165, 1.54) is 30.1 Å². The molecule has 29 heavy (non-hydrogen) atoms. The summed E-state index contributed by atoms with van der Waals surface area (Å²) in [4.78, 5) is 16.5. The van der Waals surface area contributed by atoms with E-state index in [0.29, 0.717) is 17.1 Å². The van der Waals surface area contributed by atoms with Crippen molar-refractivity contribution in [3.8, 4) is 22.8 Å². The minimum Gasteiger partial charge on any atom is -0.493 e. The predicted molar refractivity (Wildman–Crippen MR) is 101 cm³/mol. The van der Waals surface area contributed by atoms with Crippen molar-refractivity contribution in [3.05, 3.63) is 84.4 Å². The average Bonchev–Trinajstić information content (AvgIpc) is 3.40. The first-order chi connectivity index (χ1) is 14.1. The third-order valence-electron chi connectivity index (χ3n) is 4.12. The van der Waals surface area contributed by atoms with Crippen LogP contribution in [0.2, 0.25) is 0 Å². The SMILES string of the molecule is COc1cn(-c2ccccc2)nc1C(=O)OCc1ncc(-c2ccc(F)cc2)o1. The summed E-state index contributed by atoms with van der Waals surface area (Å²) in [7, 11) is 1.45. The van der Waals surface area contributed by atoms with Gasteiger partial charge in [0, 0.05) is 5.56 Å². The number of esters is 1. The zero-order valence-electron chi connectivity index (χ0n) is 15.4. The first-order valence-corrected chi connectivity index (χ1v) is 8.71. The van der Waals surface area contributed by atoms with Gasteiger partial charge in [0.25, 0.3) is 0 Å². The predicted octanol–water partition coefficient (Wildman–Crippen LogP) is 4.03. The summed E-state index contributed by atoms with van der Waals surface area (Å²) in [6.45, 7) is -0.179. The van der Waals surface area contributed by atoms with Crippen LogP contribution in [0.5, 0.6) is 5.75 Å². The number of oxazole rings is 1. The van der Waals surface area contributed by atoms with Crippen LogP contribution in [0.25, 0.3) is 17.0 Å². The van der Waals surface area contributed by atoms with Crippen LogP contribution in [0, 0.1) is 5.82 Å². The van der Waals surface area contributed by atoms with Crippen molar-refractivity contribution in [3.63, 3.8) is 0 Å². The van der Waals surface area contributed by atoms with Gasteiger partial charge in [0.1, 0.15) is 5.82 Å². The smallest absolute Gasteiger partial charge is 0.363 e. The molecule has 0 aliphatic carbocycles. The van der Waals surface area contributed by atoms with E-state index in [2.05, 4.69) is 10.1 Å². The molecule has 4 rings (SSSR count). The molecule has 0 N–H and O–H groups in total. The van der Waals surface area contributed by atoms with E-state index in [-0.39, 0.29) is 24.0 Å². The fourth-order valence-corrected chi connectivity index (χ4v) is 2.68. The van der Waals surface area contributed by atoms with Crippen LogP contribution >= 0.6 is 0 Å². The first kappa shape index (κ1) is 18.4. The van der Waals surface area contributed by atoms with Crippen LogP contribution in [0.4, 0.5) is 4.39 Å². The number of aromatic nitrogens is 3. The maximum Gasteiger partial charge on any atom is 0.363 e. The van der Waals surface area contributed by atoms with Gasteiger partial charge in [-0.2, -0.15) is 5.10 Å². The molecule has 2 heterocycles. The molecular weight excluding hydrogens is 377 g/mol. The number of carbonyl (C=O) groups excluding carboxylic acids is 1. The molecule has 4 aromatic rings. The number of hydrogen-bond donors (Lipinski definition) is 0. The fraction of sp³-hybridized carbons (Fsp3) is 0.0952. The van der Waals surface area contributed by atoms with Gasteiger partial charge in [-0.1, -0.05) is 18.2 Å². The van der Waals surface area contributed by atoms with Gasteiger partial charge in [0.2, 0.25) is 11.6 Å². The van der Waals surface area contributed by atoms with E-state index in [4.69, 9.17) is 13.9 Å². The number of halogens is 1. The van der Waals surface area contributed by atoms with Gasteiger partial charge in [-0.25, -0.2) is 18.9 Å². The highest BCUT2D eigenvalue weighted by Crippen LogP contribution is 2.23. The molecule has 7 nitrogen and oxygen atoms in total. The van der Waals surface area contributed by atoms with Gasteiger partial charge >= 0.3 is 5.97 Å². The van der Waals surface area contributed by atoms with E-state index >= 15 is 0 Å². The van der Waals surface area contributed by atoms with Gasteiger partial charge in [-0.15, -0.1) is 0 Å². The second-order valence-corrected chi connectivity index (χ2v) is 6.03. The highest BCUT2D eigenvalue weighted by atomic mass is 19.1. The molecule has 0 aliphatic heterocycles. The van der Waals surface area contributed by atoms with E-state index in [1.54, 1.807) is 18.3 Å². The van der Waals surface area contributed by atoms with Crippen molar-refractivity contribution in [2.24, 2.45) is 0 Å². The summed E-state index contributed by atoms with van der Waals surface area (Å²) < 4.78 is 30.6. The maximum atomic E-state index is 13.0. The molecule has 0 radical (unpaired) electrons. The summed E-state index contributed by atoms with van der Waals surface area (Å²) in [5.74, 6) is -0.0660. The summed E-state index contributed by atoms with van der Waals surface area (Å²) in [5.41, 5.74) is 1.49. The lowest BCUT2D eigenvalue weighted by Crippen LogP contribution is -2.08. The van der Waals surface area contributed by atoms with Crippen molar-refractivity contribution in [1.82, 2.24) is 14.8 Å². The normalized spacial score (nSPS) is 10.7. The molecule has 0 bridgehead atoms. The lowest BCUT2D eigenvalue weighted by atomic mass is 10.2. The van der Waals surface area contributed by atoms with E-state index in [1.807, 2.05) is 30.3 Å². The van der Waals surface area contributed by atoms with E-state index in [9.17, 15) is 9.18 Å². The summed E-state index contributed by atoms with van der Waals surface area (Å²) in [6.07, 6.45) is 3.09. The van der Waals surface area contributed by atoms with Crippen LogP contribution < -0.4 is 4.74 Å². The van der Waals surface area contributed by atoms with Crippen LogP contribution in [0.3, 0.4) is 0 Å². The molecule has 0 unspecified atom stereocenters. The van der Waals surface area contributed by atoms with Gasteiger partial charge in [0.15, 0.2) is 18.1 Å². The van der Waals surface area contributed by atoms with Crippen molar-refractivity contribution >= 4 is 5.97 Å². The molecule has 0 amide bonds. The quantitative estimate of drug-likeness (QED) is 0.460. The molecule has 146 valence electrons. The molecule has 2 aromatic carbocycles. The molecule has 2 aromatic heterocycles. The molecular formula is C21H16FN3O4. The number of carbonyl (C=O) groups is 1. The van der Waals surface area contributed by atoms with Crippen LogP contribution in [0.15, 0.2) is 71.4 Å². The lowest BCUT2D eigenvalue weighted by Gasteiger charge is -2.02. The van der Waals surface area contributed by atoms with Crippen molar-refractivity contribution in [2.45, 2.75) is 6.61 Å². The van der Waals surface area contributed by atoms with Crippen LogP contribution in [-0.2, 0) is 11.3 Å². The van der Waals surface area contributed by atoms with Gasteiger partial charge < -0.3 is 13.9 Å². The number of methoxy groups -OCH3 is 1. The second kappa shape index (κ2) is 7.97. The molecule has 0 saturated carbocycles. The van der Waals surface area contributed by atoms with Crippen molar-refractivity contribution in [2.75, 3.05) is 7.11 Å². The van der Waals surface area contributed by atoms with E-state index in [0.717, 1.165) is 5.69 Å².